The Morgan fingerprint density at radius 3 is 2.56 bits per heavy atom. The molecule has 0 heterocycles. The van der Waals surface area contributed by atoms with Gasteiger partial charge in [0.15, 0.2) is 0 Å². The summed E-state index contributed by atoms with van der Waals surface area (Å²) in [5.74, 6) is 0.952. The zero-order valence-corrected chi connectivity index (χ0v) is 19.0. The van der Waals surface area contributed by atoms with E-state index in [9.17, 15) is 10.1 Å². The second kappa shape index (κ2) is 10.3. The normalized spacial score (nSPS) is 19.9. The number of esters is 1. The Balaban J connectivity index is 1.61. The third kappa shape index (κ3) is 5.88. The van der Waals surface area contributed by atoms with Crippen molar-refractivity contribution < 1.29 is 19.1 Å². The van der Waals surface area contributed by atoms with E-state index in [-0.39, 0.29) is 17.3 Å². The van der Waals surface area contributed by atoms with Crippen LogP contribution in [0.4, 0.5) is 0 Å². The van der Waals surface area contributed by atoms with Gasteiger partial charge < -0.3 is 14.3 Å². The fourth-order valence-electron chi connectivity index (χ4n) is 3.58. The van der Waals surface area contributed by atoms with Crippen molar-refractivity contribution in [2.75, 3.05) is 6.61 Å². The maximum atomic E-state index is 12.8. The molecular formula is C26H30N2O4. The second-order valence-electron chi connectivity index (χ2n) is 9.03. The Morgan fingerprint density at radius 2 is 1.88 bits per heavy atom. The van der Waals surface area contributed by atoms with Gasteiger partial charge in [0.05, 0.1) is 5.92 Å². The minimum atomic E-state index is -1.02. The summed E-state index contributed by atoms with van der Waals surface area (Å²) in [6.45, 7) is 8.77. The molecule has 168 valence electrons. The number of hydrogen-bond acceptors (Lipinski definition) is 6. The molecule has 1 fully saturated rings. The number of oxime groups is 1. The molecular weight excluding hydrogens is 404 g/mol. The van der Waals surface area contributed by atoms with Gasteiger partial charge >= 0.3 is 5.97 Å². The van der Waals surface area contributed by atoms with Crippen LogP contribution in [0.25, 0.3) is 0 Å². The van der Waals surface area contributed by atoms with Gasteiger partial charge in [0.1, 0.15) is 24.2 Å². The van der Waals surface area contributed by atoms with E-state index >= 15 is 0 Å². The van der Waals surface area contributed by atoms with Crippen LogP contribution in [0.2, 0.25) is 0 Å². The molecule has 1 aliphatic carbocycles. The molecule has 0 radical (unpaired) electrons. The number of para-hydroxylation sites is 1. The van der Waals surface area contributed by atoms with Crippen molar-refractivity contribution in [3.63, 3.8) is 0 Å². The van der Waals surface area contributed by atoms with E-state index < -0.39 is 12.1 Å². The molecule has 3 rings (SSSR count). The first-order valence-electron chi connectivity index (χ1n) is 10.9. The summed E-state index contributed by atoms with van der Waals surface area (Å²) < 4.78 is 11.4. The van der Waals surface area contributed by atoms with Gasteiger partial charge in [0, 0.05) is 17.7 Å². The summed E-state index contributed by atoms with van der Waals surface area (Å²) in [4.78, 5) is 18.1. The van der Waals surface area contributed by atoms with Gasteiger partial charge in [0.25, 0.3) is 0 Å². The summed E-state index contributed by atoms with van der Waals surface area (Å²) in [5.41, 5.74) is 0.273. The van der Waals surface area contributed by atoms with Crippen molar-refractivity contribution in [1.29, 1.82) is 5.26 Å². The molecule has 0 amide bonds. The van der Waals surface area contributed by atoms with E-state index in [2.05, 4.69) is 25.1 Å². The van der Waals surface area contributed by atoms with Crippen molar-refractivity contribution in [1.82, 2.24) is 0 Å². The highest BCUT2D eigenvalue weighted by atomic mass is 16.6. The van der Waals surface area contributed by atoms with E-state index in [0.717, 1.165) is 6.42 Å². The summed E-state index contributed by atoms with van der Waals surface area (Å²) in [7, 11) is 0. The van der Waals surface area contributed by atoms with Crippen molar-refractivity contribution in [3.05, 3.63) is 60.2 Å². The molecule has 2 aromatic carbocycles. The standard InChI is InChI=1S/C26H30N2O4/c1-18(2)13-14-30-28-17-22-24(26(22,3)4)25(29)32-23(16-27)19-9-8-12-21(15-19)31-20-10-6-5-7-11-20/h5-12,15,17-18,22-24H,13-14H2,1-4H3/t22-,23?,24-/m0/s1. The number of hydrogen-bond donors (Lipinski definition) is 0. The number of nitriles is 1. The number of nitrogens with zero attached hydrogens (tertiary/aromatic N) is 2. The highest BCUT2D eigenvalue weighted by Crippen LogP contribution is 2.58. The van der Waals surface area contributed by atoms with E-state index in [4.69, 9.17) is 14.3 Å². The average molecular weight is 435 g/mol. The minimum absolute atomic E-state index is 0.0823. The molecule has 0 spiro atoms. The molecule has 32 heavy (non-hydrogen) atoms. The van der Waals surface area contributed by atoms with Crippen LogP contribution in [0, 0.1) is 34.5 Å². The summed E-state index contributed by atoms with van der Waals surface area (Å²) in [6, 6.07) is 18.5. The largest absolute Gasteiger partial charge is 0.457 e. The Morgan fingerprint density at radius 1 is 1.16 bits per heavy atom. The molecule has 0 aromatic heterocycles. The first-order chi connectivity index (χ1) is 15.3. The van der Waals surface area contributed by atoms with Crippen LogP contribution in [-0.2, 0) is 14.4 Å². The van der Waals surface area contributed by atoms with E-state index in [0.29, 0.717) is 29.6 Å². The van der Waals surface area contributed by atoms with E-state index in [1.165, 1.54) is 0 Å². The van der Waals surface area contributed by atoms with Crippen molar-refractivity contribution in [2.24, 2.45) is 28.3 Å². The molecule has 6 nitrogen and oxygen atoms in total. The number of carbonyl (C=O) groups is 1. The van der Waals surface area contributed by atoms with Crippen molar-refractivity contribution >= 4 is 12.2 Å². The van der Waals surface area contributed by atoms with Gasteiger partial charge in [-0.25, -0.2) is 0 Å². The van der Waals surface area contributed by atoms with Crippen LogP contribution >= 0.6 is 0 Å². The highest BCUT2D eigenvalue weighted by Gasteiger charge is 2.62. The second-order valence-corrected chi connectivity index (χ2v) is 9.03. The first-order valence-corrected chi connectivity index (χ1v) is 10.9. The number of ether oxygens (including phenoxy) is 2. The molecule has 0 saturated heterocycles. The van der Waals surface area contributed by atoms with Crippen molar-refractivity contribution in [3.8, 4) is 17.6 Å². The molecule has 1 unspecified atom stereocenters. The van der Waals surface area contributed by atoms with Gasteiger partial charge in [-0.1, -0.05) is 63.2 Å². The van der Waals surface area contributed by atoms with Crippen LogP contribution in [0.1, 0.15) is 45.8 Å². The highest BCUT2D eigenvalue weighted by molar-refractivity contribution is 5.85. The quantitative estimate of drug-likeness (QED) is 0.201. The van der Waals surface area contributed by atoms with Gasteiger partial charge in [-0.15, -0.1) is 0 Å². The summed E-state index contributed by atoms with van der Waals surface area (Å²) in [6.07, 6.45) is 1.59. The van der Waals surface area contributed by atoms with Gasteiger partial charge in [-0.3, -0.25) is 4.79 Å². The van der Waals surface area contributed by atoms with Crippen molar-refractivity contribution in [2.45, 2.75) is 40.2 Å². The fourth-order valence-corrected chi connectivity index (χ4v) is 3.58. The third-order valence-electron chi connectivity index (χ3n) is 5.74. The Bertz CT molecular complexity index is 979. The minimum Gasteiger partial charge on any atom is -0.457 e. The summed E-state index contributed by atoms with van der Waals surface area (Å²) in [5, 5.41) is 13.7. The Kier molecular flexibility index (Phi) is 7.53. The van der Waals surface area contributed by atoms with Crippen LogP contribution in [0.15, 0.2) is 59.8 Å². The SMILES string of the molecule is CC(C)CCON=C[C@H]1[C@@H](C(=O)OC(C#N)c2cccc(Oc3ccccc3)c2)C1(C)C. The van der Waals surface area contributed by atoms with Gasteiger partial charge in [0.2, 0.25) is 6.10 Å². The summed E-state index contributed by atoms with van der Waals surface area (Å²) >= 11 is 0. The monoisotopic (exact) mass is 434 g/mol. The zero-order chi connectivity index (χ0) is 23.1. The maximum absolute atomic E-state index is 12.8. The topological polar surface area (TPSA) is 80.9 Å². The molecule has 2 aromatic rings. The van der Waals surface area contributed by atoms with Crippen LogP contribution in [-0.4, -0.2) is 18.8 Å². The smallest absolute Gasteiger partial charge is 0.311 e. The maximum Gasteiger partial charge on any atom is 0.311 e. The molecule has 1 aliphatic rings. The predicted octanol–water partition coefficient (Wildman–Crippen LogP) is 5.91. The number of carbonyl (C=O) groups excluding carboxylic acids is 1. The van der Waals surface area contributed by atoms with Crippen LogP contribution in [0.3, 0.4) is 0 Å². The van der Waals surface area contributed by atoms with Crippen LogP contribution in [0.5, 0.6) is 11.5 Å². The lowest BCUT2D eigenvalue weighted by Gasteiger charge is -2.13. The molecule has 0 N–H and O–H groups in total. The van der Waals surface area contributed by atoms with Gasteiger partial charge in [-0.05, 0) is 42.0 Å². The lowest BCUT2D eigenvalue weighted by Crippen LogP contribution is -2.14. The molecule has 1 saturated carbocycles. The number of rotatable bonds is 10. The average Bonchev–Trinajstić information content (AvgIpc) is 3.32. The molecule has 3 atom stereocenters. The lowest BCUT2D eigenvalue weighted by atomic mass is 10.1. The Hall–Kier alpha value is -3.33. The lowest BCUT2D eigenvalue weighted by molar-refractivity contribution is -0.149. The van der Waals surface area contributed by atoms with Crippen LogP contribution < -0.4 is 4.74 Å². The van der Waals surface area contributed by atoms with Gasteiger partial charge in [-0.2, -0.15) is 5.26 Å². The fraction of sp³-hybridized carbons (Fsp3) is 0.423. The third-order valence-corrected chi connectivity index (χ3v) is 5.74. The molecule has 0 aliphatic heterocycles. The Labute approximate surface area is 189 Å². The number of benzene rings is 2. The molecule has 0 bridgehead atoms. The predicted molar refractivity (Wildman–Crippen MR) is 122 cm³/mol. The molecule has 6 heteroatoms. The first kappa shape index (κ1) is 23.3. The van der Waals surface area contributed by atoms with E-state index in [1.54, 1.807) is 30.5 Å². The van der Waals surface area contributed by atoms with E-state index in [1.807, 2.05) is 44.2 Å². The zero-order valence-electron chi connectivity index (χ0n) is 19.0.